The molecule has 6 bridgehead atoms. The van der Waals surface area contributed by atoms with Crippen LogP contribution in [0.2, 0.25) is 0 Å². The highest BCUT2D eigenvalue weighted by atomic mass is 16.4. The lowest BCUT2D eigenvalue weighted by Gasteiger charge is -2.16. The van der Waals surface area contributed by atoms with Gasteiger partial charge in [-0.15, -0.1) is 0 Å². The molecular weight excluding hydrogens is 152 g/mol. The van der Waals surface area contributed by atoms with E-state index in [0.29, 0.717) is 5.92 Å². The highest BCUT2D eigenvalue weighted by molar-refractivity contribution is 5.72. The van der Waals surface area contributed by atoms with Gasteiger partial charge in [-0.3, -0.25) is 4.79 Å². The first-order valence-electron chi connectivity index (χ1n) is 5.02. The fourth-order valence-corrected chi connectivity index (χ4v) is 5.00. The van der Waals surface area contributed by atoms with Gasteiger partial charge in [0.25, 0.3) is 0 Å². The van der Waals surface area contributed by atoms with Gasteiger partial charge < -0.3 is 5.11 Å². The highest BCUT2D eigenvalue weighted by Gasteiger charge is 2.78. The van der Waals surface area contributed by atoms with Crippen molar-refractivity contribution in [3.05, 3.63) is 0 Å². The molecule has 5 saturated carbocycles. The summed E-state index contributed by atoms with van der Waals surface area (Å²) in [6, 6.07) is 0. The van der Waals surface area contributed by atoms with Crippen LogP contribution in [0.25, 0.3) is 0 Å². The Balaban J connectivity index is 1.79. The summed E-state index contributed by atoms with van der Waals surface area (Å²) in [5, 5.41) is 9.01. The second kappa shape index (κ2) is 1.45. The van der Waals surface area contributed by atoms with Crippen molar-refractivity contribution < 1.29 is 9.90 Å². The minimum Gasteiger partial charge on any atom is -0.481 e. The SMILES string of the molecule is O=C(O)[C@H]1C[C@@H]2[C@H]3C[C@H]4[C@@H]2[C@@H]4[C@H]31. The number of rotatable bonds is 1. The van der Waals surface area contributed by atoms with Gasteiger partial charge in [0, 0.05) is 0 Å². The highest BCUT2D eigenvalue weighted by Crippen LogP contribution is 2.82. The zero-order valence-corrected chi connectivity index (χ0v) is 6.81. The summed E-state index contributed by atoms with van der Waals surface area (Å²) < 4.78 is 0. The van der Waals surface area contributed by atoms with Crippen molar-refractivity contribution in [3.8, 4) is 0 Å². The molecule has 0 amide bonds. The van der Waals surface area contributed by atoms with Crippen molar-refractivity contribution in [2.24, 2.45) is 41.4 Å². The monoisotopic (exact) mass is 164 g/mol. The van der Waals surface area contributed by atoms with Crippen LogP contribution in [0, 0.1) is 41.4 Å². The fourth-order valence-electron chi connectivity index (χ4n) is 5.00. The average Bonchev–Trinajstić information content (AvgIpc) is 2.45. The maximum absolute atomic E-state index is 10.9. The van der Waals surface area contributed by atoms with Gasteiger partial charge in [-0.25, -0.2) is 0 Å². The fraction of sp³-hybridized carbons (Fsp3) is 0.900. The smallest absolute Gasteiger partial charge is 0.306 e. The standard InChI is InChI=1S/C10H12O2/c11-10(12)6-2-4-3-1-5-7(4)9(5)8(3)6/h3-9H,1-2H2,(H,11,12)/t3-,4-,5+,6+,7-,8-,9-/m1/s1. The number of aliphatic carboxylic acids is 1. The van der Waals surface area contributed by atoms with Gasteiger partial charge in [-0.2, -0.15) is 0 Å². The minimum atomic E-state index is -0.515. The molecule has 5 fully saturated rings. The van der Waals surface area contributed by atoms with Crippen molar-refractivity contribution in [3.63, 3.8) is 0 Å². The Morgan fingerprint density at radius 2 is 1.75 bits per heavy atom. The zero-order valence-electron chi connectivity index (χ0n) is 6.81. The van der Waals surface area contributed by atoms with Crippen LogP contribution in [-0.4, -0.2) is 11.1 Å². The maximum Gasteiger partial charge on any atom is 0.306 e. The van der Waals surface area contributed by atoms with Gasteiger partial charge in [0.05, 0.1) is 5.92 Å². The van der Waals surface area contributed by atoms with Crippen LogP contribution in [0.4, 0.5) is 0 Å². The predicted molar refractivity (Wildman–Crippen MR) is 41.3 cm³/mol. The molecule has 0 aromatic carbocycles. The molecular formula is C10H12O2. The number of hydrogen-bond donors (Lipinski definition) is 1. The quantitative estimate of drug-likeness (QED) is 0.632. The molecule has 0 saturated heterocycles. The number of carboxylic acids is 1. The Hall–Kier alpha value is -0.530. The van der Waals surface area contributed by atoms with Gasteiger partial charge in [0.1, 0.15) is 0 Å². The lowest BCUT2D eigenvalue weighted by atomic mass is 9.88. The van der Waals surface area contributed by atoms with E-state index in [1.807, 2.05) is 0 Å². The predicted octanol–water partition coefficient (Wildman–Crippen LogP) is 1.22. The van der Waals surface area contributed by atoms with Crippen LogP contribution >= 0.6 is 0 Å². The van der Waals surface area contributed by atoms with Crippen LogP contribution in [0.5, 0.6) is 0 Å². The van der Waals surface area contributed by atoms with Crippen LogP contribution in [-0.2, 0) is 4.79 Å². The van der Waals surface area contributed by atoms with E-state index in [1.165, 1.54) is 6.42 Å². The topological polar surface area (TPSA) is 37.3 Å². The molecule has 0 unspecified atom stereocenters. The van der Waals surface area contributed by atoms with E-state index in [9.17, 15) is 4.79 Å². The molecule has 5 rings (SSSR count). The summed E-state index contributed by atoms with van der Waals surface area (Å²) in [6.45, 7) is 0. The molecule has 0 spiro atoms. The Kier molecular flexibility index (Phi) is 0.724. The molecule has 5 aliphatic carbocycles. The first kappa shape index (κ1) is 6.01. The molecule has 2 nitrogen and oxygen atoms in total. The summed E-state index contributed by atoms with van der Waals surface area (Å²) in [5.74, 6) is 4.67. The number of carboxylic acid groups (broad SMARTS) is 1. The van der Waals surface area contributed by atoms with Gasteiger partial charge in [0.2, 0.25) is 0 Å². The molecule has 64 valence electrons. The molecule has 0 aromatic heterocycles. The Morgan fingerprint density at radius 3 is 2.25 bits per heavy atom. The lowest BCUT2D eigenvalue weighted by molar-refractivity contribution is -0.143. The van der Waals surface area contributed by atoms with Gasteiger partial charge in [-0.05, 0) is 48.3 Å². The largest absolute Gasteiger partial charge is 0.481 e. The molecule has 0 radical (unpaired) electrons. The first-order chi connectivity index (χ1) is 5.79. The van der Waals surface area contributed by atoms with E-state index in [4.69, 9.17) is 5.11 Å². The van der Waals surface area contributed by atoms with E-state index >= 15 is 0 Å². The van der Waals surface area contributed by atoms with Gasteiger partial charge >= 0.3 is 5.97 Å². The third-order valence-corrected chi connectivity index (χ3v) is 5.13. The van der Waals surface area contributed by atoms with Crippen molar-refractivity contribution in [2.75, 3.05) is 0 Å². The summed E-state index contributed by atoms with van der Waals surface area (Å²) >= 11 is 0. The van der Waals surface area contributed by atoms with Crippen LogP contribution in [0.15, 0.2) is 0 Å². The van der Waals surface area contributed by atoms with E-state index in [2.05, 4.69) is 0 Å². The van der Waals surface area contributed by atoms with Gasteiger partial charge in [0.15, 0.2) is 0 Å². The number of hydrogen-bond acceptors (Lipinski definition) is 1. The molecule has 0 heterocycles. The summed E-state index contributed by atoms with van der Waals surface area (Å²) in [6.07, 6.45) is 2.40. The van der Waals surface area contributed by atoms with Crippen molar-refractivity contribution in [1.29, 1.82) is 0 Å². The molecule has 1 N–H and O–H groups in total. The Bertz CT molecular complexity index is 286. The first-order valence-corrected chi connectivity index (χ1v) is 5.02. The van der Waals surface area contributed by atoms with E-state index < -0.39 is 5.97 Å². The molecule has 0 aromatic rings. The number of carbonyl (C=O) groups is 1. The third kappa shape index (κ3) is 0.395. The van der Waals surface area contributed by atoms with E-state index in [0.717, 1.165) is 36.0 Å². The van der Waals surface area contributed by atoms with Crippen molar-refractivity contribution in [1.82, 2.24) is 0 Å². The minimum absolute atomic E-state index is 0.0498. The van der Waals surface area contributed by atoms with Gasteiger partial charge in [-0.1, -0.05) is 0 Å². The second-order valence-electron chi connectivity index (χ2n) is 5.14. The lowest BCUT2D eigenvalue weighted by Crippen LogP contribution is -2.22. The van der Waals surface area contributed by atoms with Crippen molar-refractivity contribution in [2.45, 2.75) is 12.8 Å². The molecule has 7 atom stereocenters. The molecule has 0 aliphatic heterocycles. The summed E-state index contributed by atoms with van der Waals surface area (Å²) in [5.41, 5.74) is 0. The van der Waals surface area contributed by atoms with Crippen LogP contribution in [0.1, 0.15) is 12.8 Å². The second-order valence-corrected chi connectivity index (χ2v) is 5.14. The van der Waals surface area contributed by atoms with Crippen LogP contribution in [0.3, 0.4) is 0 Å². The normalized spacial score (nSPS) is 68.8. The van der Waals surface area contributed by atoms with Crippen molar-refractivity contribution >= 4 is 5.97 Å². The summed E-state index contributed by atoms with van der Waals surface area (Å²) in [4.78, 5) is 10.9. The Labute approximate surface area is 71.0 Å². The summed E-state index contributed by atoms with van der Waals surface area (Å²) in [7, 11) is 0. The molecule has 5 aliphatic rings. The van der Waals surface area contributed by atoms with Crippen LogP contribution < -0.4 is 0 Å². The van der Waals surface area contributed by atoms with E-state index in [-0.39, 0.29) is 5.92 Å². The zero-order chi connectivity index (χ0) is 8.03. The van der Waals surface area contributed by atoms with E-state index in [1.54, 1.807) is 0 Å². The maximum atomic E-state index is 10.9. The molecule has 2 heteroatoms. The average molecular weight is 164 g/mol. The third-order valence-electron chi connectivity index (χ3n) is 5.13. The Morgan fingerprint density at radius 1 is 1.00 bits per heavy atom. The molecule has 12 heavy (non-hydrogen) atoms.